The summed E-state index contributed by atoms with van der Waals surface area (Å²) in [6.07, 6.45) is 0.687. The highest BCUT2D eigenvalue weighted by molar-refractivity contribution is 6.18. The van der Waals surface area contributed by atoms with E-state index in [1.165, 1.54) is 0 Å². The lowest BCUT2D eigenvalue weighted by Crippen LogP contribution is -1.94. The van der Waals surface area contributed by atoms with Crippen molar-refractivity contribution in [2.75, 3.05) is 11.6 Å². The second kappa shape index (κ2) is 4.74. The summed E-state index contributed by atoms with van der Waals surface area (Å²) in [4.78, 5) is 4.20. The minimum atomic E-state index is 0.557. The van der Waals surface area contributed by atoms with Gasteiger partial charge in [-0.1, -0.05) is 5.92 Å². The average Bonchev–Trinajstić information content (AvgIpc) is 2.12. The molecule has 1 rings (SSSR count). The Morgan fingerprint density at radius 2 is 2.31 bits per heavy atom. The third kappa shape index (κ3) is 2.96. The molecule has 13 heavy (non-hydrogen) atoms. The number of aromatic nitrogens is 1. The maximum absolute atomic E-state index is 5.61. The lowest BCUT2D eigenvalue weighted by atomic mass is 10.2. The van der Waals surface area contributed by atoms with E-state index in [0.29, 0.717) is 18.0 Å². The molecule has 2 nitrogen and oxygen atoms in total. The number of hydrogen-bond acceptors (Lipinski definition) is 2. The molecule has 0 amide bonds. The zero-order chi connectivity index (χ0) is 9.68. The summed E-state index contributed by atoms with van der Waals surface area (Å²) >= 11 is 5.48. The Balaban J connectivity index is 2.81. The highest BCUT2D eigenvalue weighted by atomic mass is 35.5. The molecule has 0 saturated carbocycles. The van der Waals surface area contributed by atoms with Crippen molar-refractivity contribution in [2.24, 2.45) is 0 Å². The molecule has 0 atom stereocenters. The zero-order valence-corrected chi connectivity index (χ0v) is 8.23. The fourth-order valence-electron chi connectivity index (χ4n) is 0.842. The predicted octanol–water partition coefficient (Wildman–Crippen LogP) is 1.95. The Labute approximate surface area is 83.1 Å². The van der Waals surface area contributed by atoms with Crippen LogP contribution in [0.25, 0.3) is 0 Å². The highest BCUT2D eigenvalue weighted by Gasteiger charge is 1.94. The normalized spacial score (nSPS) is 9.08. The highest BCUT2D eigenvalue weighted by Crippen LogP contribution is 2.06. The van der Waals surface area contributed by atoms with Crippen LogP contribution in [0.4, 0.5) is 5.69 Å². The molecular formula is C10H11ClN2. The van der Waals surface area contributed by atoms with Gasteiger partial charge in [-0.2, -0.15) is 0 Å². The SMILES string of the molecule is Cc1nc(C#CCCCl)ccc1N. The van der Waals surface area contributed by atoms with Gasteiger partial charge in [-0.15, -0.1) is 11.6 Å². The van der Waals surface area contributed by atoms with Crippen LogP contribution in [0.5, 0.6) is 0 Å². The van der Waals surface area contributed by atoms with Crippen molar-refractivity contribution in [3.63, 3.8) is 0 Å². The summed E-state index contributed by atoms with van der Waals surface area (Å²) in [5, 5.41) is 0. The lowest BCUT2D eigenvalue weighted by molar-refractivity contribution is 1.18. The van der Waals surface area contributed by atoms with Gasteiger partial charge in [0.1, 0.15) is 5.69 Å². The van der Waals surface area contributed by atoms with E-state index in [-0.39, 0.29) is 0 Å². The van der Waals surface area contributed by atoms with Crippen LogP contribution < -0.4 is 5.73 Å². The number of anilines is 1. The van der Waals surface area contributed by atoms with E-state index in [0.717, 1.165) is 11.4 Å². The molecule has 0 aliphatic heterocycles. The van der Waals surface area contributed by atoms with Gasteiger partial charge in [0.05, 0.1) is 11.4 Å². The molecule has 0 saturated heterocycles. The topological polar surface area (TPSA) is 38.9 Å². The molecule has 0 bridgehead atoms. The number of nitrogens with zero attached hydrogens (tertiary/aromatic N) is 1. The van der Waals surface area contributed by atoms with Crippen molar-refractivity contribution >= 4 is 17.3 Å². The van der Waals surface area contributed by atoms with Crippen LogP contribution in [0.15, 0.2) is 12.1 Å². The van der Waals surface area contributed by atoms with E-state index in [9.17, 15) is 0 Å². The molecule has 0 aliphatic carbocycles. The maximum atomic E-state index is 5.61. The first-order valence-corrected chi connectivity index (χ1v) is 4.55. The number of pyridine rings is 1. The molecule has 1 aromatic rings. The number of halogens is 1. The number of aryl methyl sites for hydroxylation is 1. The molecule has 0 unspecified atom stereocenters. The summed E-state index contributed by atoms with van der Waals surface area (Å²) < 4.78 is 0. The van der Waals surface area contributed by atoms with Crippen LogP contribution in [0, 0.1) is 18.8 Å². The number of hydrogen-bond donors (Lipinski definition) is 1. The average molecular weight is 195 g/mol. The van der Waals surface area contributed by atoms with Gasteiger partial charge in [0.15, 0.2) is 0 Å². The molecule has 0 spiro atoms. The molecule has 0 aliphatic rings. The maximum Gasteiger partial charge on any atom is 0.113 e. The fourth-order valence-corrected chi connectivity index (χ4v) is 0.936. The molecule has 0 fully saturated rings. The van der Waals surface area contributed by atoms with Gasteiger partial charge in [0.2, 0.25) is 0 Å². The van der Waals surface area contributed by atoms with Crippen LogP contribution in [0.1, 0.15) is 17.8 Å². The summed E-state index contributed by atoms with van der Waals surface area (Å²) in [6.45, 7) is 1.86. The first-order chi connectivity index (χ1) is 6.24. The smallest absolute Gasteiger partial charge is 0.113 e. The number of nitrogen functional groups attached to an aromatic ring is 1. The van der Waals surface area contributed by atoms with Gasteiger partial charge in [-0.25, -0.2) is 4.98 Å². The van der Waals surface area contributed by atoms with Gasteiger partial charge in [-0.3, -0.25) is 0 Å². The van der Waals surface area contributed by atoms with E-state index in [2.05, 4.69) is 16.8 Å². The molecule has 0 aromatic carbocycles. The Kier molecular flexibility index (Phi) is 3.60. The Morgan fingerprint density at radius 1 is 1.54 bits per heavy atom. The van der Waals surface area contributed by atoms with Crippen LogP contribution in [0.3, 0.4) is 0 Å². The molecule has 0 radical (unpaired) electrons. The van der Waals surface area contributed by atoms with Crippen LogP contribution in [-0.4, -0.2) is 10.9 Å². The molecule has 3 heteroatoms. The third-order valence-electron chi connectivity index (χ3n) is 1.56. The summed E-state index contributed by atoms with van der Waals surface area (Å²) in [5.74, 6) is 6.38. The summed E-state index contributed by atoms with van der Waals surface area (Å²) in [6, 6.07) is 3.62. The standard InChI is InChI=1S/C10H11ClN2/c1-8-10(12)6-5-9(13-8)4-2-3-7-11/h5-6H,3,7,12H2,1H3. The third-order valence-corrected chi connectivity index (χ3v) is 1.75. The minimum Gasteiger partial charge on any atom is -0.397 e. The van der Waals surface area contributed by atoms with Crippen LogP contribution in [0.2, 0.25) is 0 Å². The molecule has 1 aromatic heterocycles. The molecule has 2 N–H and O–H groups in total. The first-order valence-electron chi connectivity index (χ1n) is 4.02. The molecule has 1 heterocycles. The summed E-state index contributed by atoms with van der Waals surface area (Å²) in [7, 11) is 0. The first kappa shape index (κ1) is 9.88. The van der Waals surface area contributed by atoms with Crippen molar-refractivity contribution in [2.45, 2.75) is 13.3 Å². The monoisotopic (exact) mass is 194 g/mol. The lowest BCUT2D eigenvalue weighted by Gasteiger charge is -1.97. The number of rotatable bonds is 1. The van der Waals surface area contributed by atoms with E-state index in [1.807, 2.05) is 19.1 Å². The molecule has 68 valence electrons. The van der Waals surface area contributed by atoms with Crippen molar-refractivity contribution in [1.82, 2.24) is 4.98 Å². The van der Waals surface area contributed by atoms with Gasteiger partial charge in [-0.05, 0) is 25.0 Å². The van der Waals surface area contributed by atoms with Crippen molar-refractivity contribution in [1.29, 1.82) is 0 Å². The van der Waals surface area contributed by atoms with E-state index < -0.39 is 0 Å². The van der Waals surface area contributed by atoms with Crippen molar-refractivity contribution < 1.29 is 0 Å². The number of alkyl halides is 1. The Hall–Kier alpha value is -1.20. The predicted molar refractivity (Wildman–Crippen MR) is 55.6 cm³/mol. The minimum absolute atomic E-state index is 0.557. The second-order valence-corrected chi connectivity index (χ2v) is 2.99. The quantitative estimate of drug-likeness (QED) is 0.548. The van der Waals surface area contributed by atoms with Crippen LogP contribution in [-0.2, 0) is 0 Å². The van der Waals surface area contributed by atoms with Crippen molar-refractivity contribution in [3.8, 4) is 11.8 Å². The van der Waals surface area contributed by atoms with Crippen molar-refractivity contribution in [3.05, 3.63) is 23.5 Å². The van der Waals surface area contributed by atoms with Gasteiger partial charge >= 0.3 is 0 Å². The van der Waals surface area contributed by atoms with Gasteiger partial charge in [0.25, 0.3) is 0 Å². The van der Waals surface area contributed by atoms with Crippen LogP contribution >= 0.6 is 11.6 Å². The zero-order valence-electron chi connectivity index (χ0n) is 7.47. The van der Waals surface area contributed by atoms with E-state index >= 15 is 0 Å². The fraction of sp³-hybridized carbons (Fsp3) is 0.300. The Morgan fingerprint density at radius 3 is 2.92 bits per heavy atom. The van der Waals surface area contributed by atoms with Gasteiger partial charge < -0.3 is 5.73 Å². The van der Waals surface area contributed by atoms with E-state index in [4.69, 9.17) is 17.3 Å². The van der Waals surface area contributed by atoms with Gasteiger partial charge in [0, 0.05) is 12.3 Å². The Bertz CT molecular complexity index is 350. The largest absolute Gasteiger partial charge is 0.397 e. The second-order valence-electron chi connectivity index (χ2n) is 2.61. The summed E-state index contributed by atoms with van der Waals surface area (Å²) in [5.41, 5.74) is 7.87. The number of nitrogens with two attached hydrogens (primary N) is 1. The van der Waals surface area contributed by atoms with E-state index in [1.54, 1.807) is 0 Å². The molecular weight excluding hydrogens is 184 g/mol.